The lowest BCUT2D eigenvalue weighted by molar-refractivity contribution is 0.333. The Morgan fingerprint density at radius 2 is 1.61 bits per heavy atom. The molecule has 0 aliphatic carbocycles. The van der Waals surface area contributed by atoms with Crippen molar-refractivity contribution < 1.29 is 8.49 Å². The summed E-state index contributed by atoms with van der Waals surface area (Å²) >= 11 is -1.50. The molecular weight excluding hydrogens is 246 g/mol. The summed E-state index contributed by atoms with van der Waals surface area (Å²) in [6.45, 7) is 1.99. The van der Waals surface area contributed by atoms with Crippen molar-refractivity contribution in [2.24, 2.45) is 0 Å². The van der Waals surface area contributed by atoms with Gasteiger partial charge in [0.1, 0.15) is 0 Å². The first kappa shape index (κ1) is 12.8. The predicted molar refractivity (Wildman–Crippen MR) is 73.5 cm³/mol. The monoisotopic (exact) mass is 261 g/mol. The first-order valence-corrected chi connectivity index (χ1v) is 6.70. The molecule has 0 aliphatic rings. The van der Waals surface area contributed by atoms with Crippen LogP contribution in [0.4, 0.5) is 5.69 Å². The number of rotatable bonds is 4. The largest absolute Gasteiger partial charge is 0.241 e. The molecule has 0 saturated heterocycles. The maximum atomic E-state index is 12.0. The molecule has 4 heteroatoms. The van der Waals surface area contributed by atoms with Crippen molar-refractivity contribution in [1.82, 2.24) is 0 Å². The Kier molecular flexibility index (Phi) is 4.12. The Labute approximate surface area is 110 Å². The van der Waals surface area contributed by atoms with Crippen molar-refractivity contribution in [2.75, 3.05) is 12.1 Å². The van der Waals surface area contributed by atoms with Gasteiger partial charge in [0.15, 0.2) is 0 Å². The van der Waals surface area contributed by atoms with Crippen LogP contribution >= 0.6 is 0 Å². The van der Waals surface area contributed by atoms with E-state index in [1.807, 2.05) is 61.5 Å². The fourth-order valence-electron chi connectivity index (χ4n) is 1.47. The highest BCUT2D eigenvalue weighted by molar-refractivity contribution is 7.80. The number of para-hydroxylation sites is 1. The highest BCUT2D eigenvalue weighted by atomic mass is 32.2. The zero-order valence-electron chi connectivity index (χ0n) is 10.4. The van der Waals surface area contributed by atoms with Gasteiger partial charge in [0, 0.05) is 7.05 Å². The second-order valence-corrected chi connectivity index (χ2v) is 5.05. The van der Waals surface area contributed by atoms with E-state index >= 15 is 0 Å². The molecule has 0 heterocycles. The molecule has 0 aliphatic heterocycles. The second kappa shape index (κ2) is 5.80. The molecule has 0 radical (unpaired) electrons. The number of anilines is 1. The van der Waals surface area contributed by atoms with Gasteiger partial charge in [-0.2, -0.15) is 4.28 Å². The molecule has 0 saturated carbocycles. The topological polar surface area (TPSA) is 29.5 Å². The number of nitrogens with zero attached hydrogens (tertiary/aromatic N) is 1. The zero-order valence-corrected chi connectivity index (χ0v) is 11.2. The Bertz CT molecular complexity index is 525. The van der Waals surface area contributed by atoms with E-state index in [4.69, 9.17) is 4.28 Å². The molecule has 0 fully saturated rings. The van der Waals surface area contributed by atoms with Gasteiger partial charge in [0.05, 0.1) is 10.6 Å². The average Bonchev–Trinajstić information content (AvgIpc) is 2.40. The van der Waals surface area contributed by atoms with Crippen LogP contribution in [0.15, 0.2) is 59.5 Å². The van der Waals surface area contributed by atoms with Gasteiger partial charge in [-0.25, -0.2) is 9.27 Å². The van der Waals surface area contributed by atoms with Crippen molar-refractivity contribution in [1.29, 1.82) is 0 Å². The Balaban J connectivity index is 2.06. The van der Waals surface area contributed by atoms with E-state index < -0.39 is 11.1 Å². The molecule has 0 aromatic heterocycles. The SMILES string of the molecule is Cc1ccc(S(=O)ON(C)c2ccccc2)cc1. The minimum atomic E-state index is -1.50. The lowest BCUT2D eigenvalue weighted by atomic mass is 10.2. The minimum Gasteiger partial charge on any atom is -0.241 e. The molecule has 94 valence electrons. The fourth-order valence-corrected chi connectivity index (χ4v) is 2.21. The van der Waals surface area contributed by atoms with Crippen LogP contribution in [-0.4, -0.2) is 11.3 Å². The van der Waals surface area contributed by atoms with Crippen LogP contribution in [0.3, 0.4) is 0 Å². The van der Waals surface area contributed by atoms with Crippen LogP contribution in [0.5, 0.6) is 0 Å². The van der Waals surface area contributed by atoms with Crippen LogP contribution in [-0.2, 0) is 15.4 Å². The molecule has 2 aromatic carbocycles. The predicted octanol–water partition coefficient (Wildman–Crippen LogP) is 3.09. The van der Waals surface area contributed by atoms with Crippen LogP contribution < -0.4 is 5.06 Å². The van der Waals surface area contributed by atoms with Gasteiger partial charge in [-0.05, 0) is 31.2 Å². The molecule has 2 aromatic rings. The van der Waals surface area contributed by atoms with Gasteiger partial charge in [0.2, 0.25) is 11.1 Å². The van der Waals surface area contributed by atoms with Crippen LogP contribution in [0.25, 0.3) is 0 Å². The van der Waals surface area contributed by atoms with Gasteiger partial charge in [0.25, 0.3) is 0 Å². The first-order chi connectivity index (χ1) is 8.66. The van der Waals surface area contributed by atoms with Gasteiger partial charge < -0.3 is 0 Å². The molecule has 1 atom stereocenters. The van der Waals surface area contributed by atoms with Gasteiger partial charge in [-0.15, -0.1) is 0 Å². The van der Waals surface area contributed by atoms with E-state index in [0.717, 1.165) is 11.3 Å². The smallest absolute Gasteiger partial charge is 0.212 e. The number of benzene rings is 2. The number of hydrogen-bond acceptors (Lipinski definition) is 3. The maximum absolute atomic E-state index is 12.0. The number of aryl methyl sites for hydroxylation is 1. The molecule has 3 nitrogen and oxygen atoms in total. The quantitative estimate of drug-likeness (QED) is 0.792. The summed E-state index contributed by atoms with van der Waals surface area (Å²) in [5, 5.41) is 1.51. The fraction of sp³-hybridized carbons (Fsp3) is 0.143. The third kappa shape index (κ3) is 3.18. The van der Waals surface area contributed by atoms with Gasteiger partial charge in [-0.1, -0.05) is 35.9 Å². The highest BCUT2D eigenvalue weighted by Gasteiger charge is 2.09. The molecule has 18 heavy (non-hydrogen) atoms. The molecule has 0 N–H and O–H groups in total. The van der Waals surface area contributed by atoms with E-state index in [2.05, 4.69) is 0 Å². The third-order valence-corrected chi connectivity index (χ3v) is 3.53. The molecular formula is C14H15NO2S. The normalized spacial score (nSPS) is 12.1. The third-order valence-electron chi connectivity index (χ3n) is 2.51. The molecule has 1 unspecified atom stereocenters. The summed E-state index contributed by atoms with van der Waals surface area (Å²) in [7, 11) is 1.74. The zero-order chi connectivity index (χ0) is 13.0. The summed E-state index contributed by atoms with van der Waals surface area (Å²) in [6.07, 6.45) is 0. The van der Waals surface area contributed by atoms with Crippen molar-refractivity contribution in [3.8, 4) is 0 Å². The van der Waals surface area contributed by atoms with Gasteiger partial charge in [-0.3, -0.25) is 0 Å². The van der Waals surface area contributed by atoms with E-state index in [1.165, 1.54) is 5.06 Å². The van der Waals surface area contributed by atoms with Gasteiger partial charge >= 0.3 is 0 Å². The summed E-state index contributed by atoms with van der Waals surface area (Å²) in [6, 6.07) is 17.0. The van der Waals surface area contributed by atoms with E-state index in [9.17, 15) is 4.21 Å². The number of hydroxylamine groups is 1. The van der Waals surface area contributed by atoms with Crippen molar-refractivity contribution >= 4 is 16.8 Å². The Morgan fingerprint density at radius 1 is 1.00 bits per heavy atom. The average molecular weight is 261 g/mol. The molecule has 0 bridgehead atoms. The van der Waals surface area contributed by atoms with Crippen LogP contribution in [0, 0.1) is 6.92 Å². The Hall–Kier alpha value is -1.65. The van der Waals surface area contributed by atoms with Crippen molar-refractivity contribution in [3.63, 3.8) is 0 Å². The minimum absolute atomic E-state index is 0.656. The van der Waals surface area contributed by atoms with Crippen LogP contribution in [0.2, 0.25) is 0 Å². The standard InChI is InChI=1S/C14H15NO2S/c1-12-8-10-14(11-9-12)18(16)17-15(2)13-6-4-3-5-7-13/h3-11H,1-2H3. The van der Waals surface area contributed by atoms with E-state index in [-0.39, 0.29) is 0 Å². The lowest BCUT2D eigenvalue weighted by Crippen LogP contribution is -2.19. The summed E-state index contributed by atoms with van der Waals surface area (Å²) in [5.74, 6) is 0. The molecule has 0 spiro atoms. The van der Waals surface area contributed by atoms with Crippen molar-refractivity contribution in [3.05, 3.63) is 60.2 Å². The maximum Gasteiger partial charge on any atom is 0.212 e. The number of hydrogen-bond donors (Lipinski definition) is 0. The molecule has 2 rings (SSSR count). The summed E-state index contributed by atoms with van der Waals surface area (Å²) in [4.78, 5) is 0.656. The van der Waals surface area contributed by atoms with Crippen molar-refractivity contribution in [2.45, 2.75) is 11.8 Å². The molecule has 0 amide bonds. The summed E-state index contributed by atoms with van der Waals surface area (Å²) in [5.41, 5.74) is 1.99. The first-order valence-electron chi connectivity index (χ1n) is 5.62. The second-order valence-electron chi connectivity index (χ2n) is 3.96. The van der Waals surface area contributed by atoms with E-state index in [0.29, 0.717) is 4.90 Å². The highest BCUT2D eigenvalue weighted by Crippen LogP contribution is 2.15. The van der Waals surface area contributed by atoms with Crippen LogP contribution in [0.1, 0.15) is 5.56 Å². The summed E-state index contributed by atoms with van der Waals surface area (Å²) < 4.78 is 17.4. The Morgan fingerprint density at radius 3 is 2.22 bits per heavy atom. The van der Waals surface area contributed by atoms with E-state index in [1.54, 1.807) is 7.05 Å². The lowest BCUT2D eigenvalue weighted by Gasteiger charge is -2.17.